The molecule has 0 saturated carbocycles. The Morgan fingerprint density at radius 3 is 2.48 bits per heavy atom. The number of carbonyl (C=O) groups excluding carboxylic acids is 1. The van der Waals surface area contributed by atoms with E-state index in [0.29, 0.717) is 22.4 Å². The first-order valence-electron chi connectivity index (χ1n) is 9.71. The van der Waals surface area contributed by atoms with Crippen molar-refractivity contribution in [1.29, 1.82) is 0 Å². The largest absolute Gasteiger partial charge is 0.435 e. The Hall–Kier alpha value is -2.78. The summed E-state index contributed by atoms with van der Waals surface area (Å²) in [5, 5.41) is 10.3. The van der Waals surface area contributed by atoms with Gasteiger partial charge in [0.05, 0.1) is 18.0 Å². The Kier molecular flexibility index (Phi) is 7.23. The lowest BCUT2D eigenvalue weighted by molar-refractivity contribution is -0.275. The average molecular weight is 502 g/mol. The molecule has 176 valence electrons. The second kappa shape index (κ2) is 9.61. The highest BCUT2D eigenvalue weighted by atomic mass is 35.5. The molecule has 0 spiro atoms. The fourth-order valence-electron chi connectivity index (χ4n) is 3.44. The van der Waals surface area contributed by atoms with E-state index in [1.54, 1.807) is 19.9 Å². The van der Waals surface area contributed by atoms with E-state index in [1.165, 1.54) is 25.3 Å². The first kappa shape index (κ1) is 24.9. The first-order valence-corrected chi connectivity index (χ1v) is 10.5. The van der Waals surface area contributed by atoms with Crippen LogP contribution in [0, 0.1) is 6.92 Å². The van der Waals surface area contributed by atoms with Crippen LogP contribution >= 0.6 is 23.2 Å². The normalized spacial score (nSPS) is 18.5. The summed E-state index contributed by atoms with van der Waals surface area (Å²) in [5.41, 5.74) is -0.980. The van der Waals surface area contributed by atoms with Crippen LogP contribution in [-0.2, 0) is 15.3 Å². The van der Waals surface area contributed by atoms with Crippen LogP contribution in [0.1, 0.15) is 40.4 Å². The molecule has 2 aromatic rings. The Morgan fingerprint density at radius 2 is 1.91 bits per heavy atom. The minimum Gasteiger partial charge on any atom is -0.399 e. The monoisotopic (exact) mass is 501 g/mol. The molecular formula is C22H20Cl2F3N3O3. The van der Waals surface area contributed by atoms with Crippen LogP contribution < -0.4 is 5.32 Å². The molecule has 0 saturated heterocycles. The molecule has 0 bridgehead atoms. The summed E-state index contributed by atoms with van der Waals surface area (Å²) in [4.78, 5) is 22.1. The number of halogens is 5. The molecule has 33 heavy (non-hydrogen) atoms. The van der Waals surface area contributed by atoms with E-state index in [-0.39, 0.29) is 33.8 Å². The van der Waals surface area contributed by atoms with Crippen molar-refractivity contribution in [2.24, 2.45) is 10.3 Å². The summed E-state index contributed by atoms with van der Waals surface area (Å²) in [5.74, 6) is -0.354. The fraction of sp³-hybridized carbons (Fsp3) is 0.318. The zero-order chi connectivity index (χ0) is 24.4. The molecule has 6 nitrogen and oxygen atoms in total. The van der Waals surface area contributed by atoms with Gasteiger partial charge in [-0.15, -0.1) is 0 Å². The lowest BCUT2D eigenvalue weighted by Crippen LogP contribution is -2.42. The van der Waals surface area contributed by atoms with Gasteiger partial charge < -0.3 is 15.0 Å². The van der Waals surface area contributed by atoms with Crippen molar-refractivity contribution in [1.82, 2.24) is 5.32 Å². The number of hydrogen-bond donors (Lipinski definition) is 1. The minimum absolute atomic E-state index is 0.0511. The Labute approximate surface area is 198 Å². The number of alkyl halides is 3. The van der Waals surface area contributed by atoms with Crippen molar-refractivity contribution in [2.75, 3.05) is 13.7 Å². The van der Waals surface area contributed by atoms with E-state index in [1.807, 2.05) is 0 Å². The van der Waals surface area contributed by atoms with E-state index in [2.05, 4.69) is 20.5 Å². The summed E-state index contributed by atoms with van der Waals surface area (Å²) >= 11 is 11.9. The number of nitrogens with zero attached hydrogens (tertiary/aromatic N) is 2. The van der Waals surface area contributed by atoms with Gasteiger partial charge in [-0.2, -0.15) is 13.2 Å². The van der Waals surface area contributed by atoms with Gasteiger partial charge in [-0.3, -0.25) is 4.79 Å². The SMILES string of the molecule is CON=C(C)CNC(=O)c1ccc(C2=NOC(c3cc(Cl)cc(Cl)c3)(C(F)(F)F)C2)cc1C. The van der Waals surface area contributed by atoms with Crippen LogP contribution in [0.3, 0.4) is 0 Å². The number of rotatable bonds is 6. The molecule has 1 aliphatic rings. The quantitative estimate of drug-likeness (QED) is 0.411. The molecule has 1 aliphatic heterocycles. The molecule has 1 heterocycles. The Balaban J connectivity index is 1.85. The van der Waals surface area contributed by atoms with Crippen molar-refractivity contribution in [3.63, 3.8) is 0 Å². The van der Waals surface area contributed by atoms with Crippen molar-refractivity contribution >= 4 is 40.5 Å². The van der Waals surface area contributed by atoms with Gasteiger partial charge in [0, 0.05) is 27.6 Å². The van der Waals surface area contributed by atoms with Crippen molar-refractivity contribution < 1.29 is 27.6 Å². The third-order valence-corrected chi connectivity index (χ3v) is 5.51. The number of amides is 1. The van der Waals surface area contributed by atoms with Crippen LogP contribution in [-0.4, -0.2) is 37.2 Å². The van der Waals surface area contributed by atoms with Crippen molar-refractivity contribution in [3.05, 3.63) is 68.7 Å². The van der Waals surface area contributed by atoms with Crippen LogP contribution in [0.4, 0.5) is 13.2 Å². The number of benzene rings is 2. The third kappa shape index (κ3) is 5.25. The average Bonchev–Trinajstić information content (AvgIpc) is 3.18. The van der Waals surface area contributed by atoms with Gasteiger partial charge in [0.25, 0.3) is 11.5 Å². The molecule has 3 rings (SSSR count). The molecule has 0 aromatic heterocycles. The number of hydrogen-bond acceptors (Lipinski definition) is 5. The smallest absolute Gasteiger partial charge is 0.399 e. The zero-order valence-corrected chi connectivity index (χ0v) is 19.4. The predicted molar refractivity (Wildman–Crippen MR) is 120 cm³/mol. The van der Waals surface area contributed by atoms with Gasteiger partial charge >= 0.3 is 6.18 Å². The highest BCUT2D eigenvalue weighted by molar-refractivity contribution is 6.34. The molecule has 0 aliphatic carbocycles. The molecule has 11 heteroatoms. The fourth-order valence-corrected chi connectivity index (χ4v) is 3.96. The summed E-state index contributed by atoms with van der Waals surface area (Å²) in [6.45, 7) is 3.56. The van der Waals surface area contributed by atoms with E-state index >= 15 is 0 Å². The molecule has 1 atom stereocenters. The van der Waals surface area contributed by atoms with Gasteiger partial charge in [0.1, 0.15) is 7.11 Å². The standard InChI is InChI=1S/C22H20Cl2F3N3O3/c1-12-6-14(4-5-18(12)20(31)28-11-13(2)29-32-3)19-10-21(33-30-19,22(25,26)27)15-7-16(23)9-17(24)8-15/h4-9H,10-11H2,1-3H3,(H,28,31). The molecular weight excluding hydrogens is 482 g/mol. The number of nitrogens with one attached hydrogen (secondary N) is 1. The minimum atomic E-state index is -4.79. The van der Waals surface area contributed by atoms with Gasteiger partial charge in [0.15, 0.2) is 0 Å². The van der Waals surface area contributed by atoms with Crippen molar-refractivity contribution in [3.8, 4) is 0 Å². The maximum atomic E-state index is 14.2. The third-order valence-electron chi connectivity index (χ3n) is 5.07. The van der Waals surface area contributed by atoms with E-state index in [9.17, 15) is 18.0 Å². The molecule has 0 fully saturated rings. The van der Waals surface area contributed by atoms with Gasteiger partial charge in [-0.1, -0.05) is 39.6 Å². The first-order chi connectivity index (χ1) is 15.5. The van der Waals surface area contributed by atoms with E-state index < -0.39 is 18.2 Å². The number of aryl methyl sites for hydroxylation is 1. The van der Waals surface area contributed by atoms with Crippen molar-refractivity contribution in [2.45, 2.75) is 32.0 Å². The molecule has 1 N–H and O–H groups in total. The summed E-state index contributed by atoms with van der Waals surface area (Å²) < 4.78 is 42.5. The van der Waals surface area contributed by atoms with Crippen LogP contribution in [0.2, 0.25) is 10.0 Å². The molecule has 1 amide bonds. The number of carbonyl (C=O) groups is 1. The maximum absolute atomic E-state index is 14.2. The molecule has 2 aromatic carbocycles. The van der Waals surface area contributed by atoms with E-state index in [4.69, 9.17) is 28.0 Å². The second-order valence-electron chi connectivity index (χ2n) is 7.51. The Bertz CT molecular complexity index is 1120. The summed E-state index contributed by atoms with van der Waals surface area (Å²) in [6.07, 6.45) is -5.37. The summed E-state index contributed by atoms with van der Waals surface area (Å²) in [7, 11) is 1.40. The predicted octanol–water partition coefficient (Wildman–Crippen LogP) is 5.64. The van der Waals surface area contributed by atoms with Crippen LogP contribution in [0.25, 0.3) is 0 Å². The Morgan fingerprint density at radius 1 is 1.24 bits per heavy atom. The maximum Gasteiger partial charge on any atom is 0.435 e. The highest BCUT2D eigenvalue weighted by Gasteiger charge is 2.62. The molecule has 0 radical (unpaired) electrons. The highest BCUT2D eigenvalue weighted by Crippen LogP contribution is 2.49. The van der Waals surface area contributed by atoms with Crippen LogP contribution in [0.5, 0.6) is 0 Å². The van der Waals surface area contributed by atoms with E-state index in [0.717, 1.165) is 12.1 Å². The number of oxime groups is 2. The summed E-state index contributed by atoms with van der Waals surface area (Å²) in [6, 6.07) is 8.29. The van der Waals surface area contributed by atoms with Gasteiger partial charge in [-0.25, -0.2) is 0 Å². The lowest BCUT2D eigenvalue weighted by atomic mass is 9.86. The molecule has 1 unspecified atom stereocenters. The zero-order valence-electron chi connectivity index (χ0n) is 17.9. The lowest BCUT2D eigenvalue weighted by Gasteiger charge is -2.29. The topological polar surface area (TPSA) is 72.3 Å². The van der Waals surface area contributed by atoms with Gasteiger partial charge in [0.2, 0.25) is 0 Å². The second-order valence-corrected chi connectivity index (χ2v) is 8.38. The van der Waals surface area contributed by atoms with Crippen LogP contribution in [0.15, 0.2) is 46.7 Å². The van der Waals surface area contributed by atoms with Gasteiger partial charge in [-0.05, 0) is 55.3 Å².